The Morgan fingerprint density at radius 2 is 2.11 bits per heavy atom. The number of benzene rings is 1. The third kappa shape index (κ3) is 2.23. The van der Waals surface area contributed by atoms with E-state index in [9.17, 15) is 9.90 Å². The molecule has 1 aromatic heterocycles. The standard InChI is InChI=1S/C14H16ClNO2/c1-14(2,13(17)18)7-9-8-16(3)12-5-4-10(15)6-11(9)12/h4-6,8H,7H2,1-3H3,(H,17,18). The van der Waals surface area contributed by atoms with Gasteiger partial charge in [-0.05, 0) is 44.0 Å². The van der Waals surface area contributed by atoms with Crippen LogP contribution in [0, 0.1) is 5.41 Å². The van der Waals surface area contributed by atoms with Gasteiger partial charge in [0, 0.05) is 29.2 Å². The van der Waals surface area contributed by atoms with Gasteiger partial charge in [-0.1, -0.05) is 11.6 Å². The van der Waals surface area contributed by atoms with Crippen LogP contribution in [-0.2, 0) is 18.3 Å². The molecule has 0 aliphatic carbocycles. The van der Waals surface area contributed by atoms with Crippen LogP contribution in [0.1, 0.15) is 19.4 Å². The Morgan fingerprint density at radius 3 is 2.72 bits per heavy atom. The van der Waals surface area contributed by atoms with E-state index in [0.29, 0.717) is 11.4 Å². The van der Waals surface area contributed by atoms with Crippen LogP contribution in [0.4, 0.5) is 0 Å². The second-order valence-electron chi connectivity index (χ2n) is 5.29. The summed E-state index contributed by atoms with van der Waals surface area (Å²) >= 11 is 6.01. The van der Waals surface area contributed by atoms with Crippen LogP contribution in [0.2, 0.25) is 5.02 Å². The molecule has 2 rings (SSSR count). The minimum Gasteiger partial charge on any atom is -0.481 e. The van der Waals surface area contributed by atoms with Gasteiger partial charge in [-0.15, -0.1) is 0 Å². The van der Waals surface area contributed by atoms with Gasteiger partial charge < -0.3 is 9.67 Å². The Morgan fingerprint density at radius 1 is 1.44 bits per heavy atom. The number of halogens is 1. The van der Waals surface area contributed by atoms with Crippen molar-refractivity contribution in [1.29, 1.82) is 0 Å². The highest BCUT2D eigenvalue weighted by Crippen LogP contribution is 2.30. The number of hydrogen-bond acceptors (Lipinski definition) is 1. The van der Waals surface area contributed by atoms with Gasteiger partial charge in [0.05, 0.1) is 5.41 Å². The minimum absolute atomic E-state index is 0.486. The Hall–Kier alpha value is -1.48. The summed E-state index contributed by atoms with van der Waals surface area (Å²) in [5, 5.41) is 10.9. The van der Waals surface area contributed by atoms with Crippen molar-refractivity contribution < 1.29 is 9.90 Å². The fourth-order valence-electron chi connectivity index (χ4n) is 2.14. The van der Waals surface area contributed by atoms with Gasteiger partial charge in [-0.2, -0.15) is 0 Å². The molecule has 0 aliphatic heterocycles. The lowest BCUT2D eigenvalue weighted by Crippen LogP contribution is -2.26. The highest BCUT2D eigenvalue weighted by molar-refractivity contribution is 6.31. The van der Waals surface area contributed by atoms with Gasteiger partial charge in [0.15, 0.2) is 0 Å². The number of aryl methyl sites for hydroxylation is 1. The zero-order valence-corrected chi connectivity index (χ0v) is 11.5. The number of carbonyl (C=O) groups is 1. The van der Waals surface area contributed by atoms with Crippen LogP contribution in [0.5, 0.6) is 0 Å². The molecule has 3 nitrogen and oxygen atoms in total. The van der Waals surface area contributed by atoms with Gasteiger partial charge in [-0.3, -0.25) is 4.79 Å². The minimum atomic E-state index is -0.790. The second-order valence-corrected chi connectivity index (χ2v) is 5.73. The summed E-state index contributed by atoms with van der Waals surface area (Å²) in [5.74, 6) is -0.790. The maximum absolute atomic E-state index is 11.2. The molecule has 1 aromatic carbocycles. The predicted molar refractivity (Wildman–Crippen MR) is 73.0 cm³/mol. The number of carboxylic acids is 1. The van der Waals surface area contributed by atoms with Gasteiger partial charge in [-0.25, -0.2) is 0 Å². The number of aliphatic carboxylic acids is 1. The molecule has 0 fully saturated rings. The first kappa shape index (κ1) is 13.0. The van der Waals surface area contributed by atoms with Crippen molar-refractivity contribution >= 4 is 28.5 Å². The first-order chi connectivity index (χ1) is 8.31. The van der Waals surface area contributed by atoms with Crippen molar-refractivity contribution in [2.24, 2.45) is 12.5 Å². The van der Waals surface area contributed by atoms with Gasteiger partial charge in [0.2, 0.25) is 0 Å². The SMILES string of the molecule is Cn1cc(CC(C)(C)C(=O)O)c2cc(Cl)ccc21. The smallest absolute Gasteiger partial charge is 0.309 e. The summed E-state index contributed by atoms with van der Waals surface area (Å²) in [6.07, 6.45) is 2.46. The molecule has 0 bridgehead atoms. The summed E-state index contributed by atoms with van der Waals surface area (Å²) in [6.45, 7) is 3.47. The zero-order valence-electron chi connectivity index (χ0n) is 10.7. The number of nitrogens with zero attached hydrogens (tertiary/aromatic N) is 1. The summed E-state index contributed by atoms with van der Waals surface area (Å²) in [7, 11) is 1.95. The summed E-state index contributed by atoms with van der Waals surface area (Å²) in [5.41, 5.74) is 1.30. The summed E-state index contributed by atoms with van der Waals surface area (Å²) in [4.78, 5) is 11.2. The predicted octanol–water partition coefficient (Wildman–Crippen LogP) is 3.49. The van der Waals surface area contributed by atoms with Crippen LogP contribution in [0.25, 0.3) is 10.9 Å². The average molecular weight is 266 g/mol. The van der Waals surface area contributed by atoms with Crippen LogP contribution in [0.3, 0.4) is 0 Å². The highest BCUT2D eigenvalue weighted by atomic mass is 35.5. The van der Waals surface area contributed by atoms with E-state index in [4.69, 9.17) is 11.6 Å². The third-order valence-electron chi connectivity index (χ3n) is 3.25. The quantitative estimate of drug-likeness (QED) is 0.923. The monoisotopic (exact) mass is 265 g/mol. The van der Waals surface area contributed by atoms with Crippen molar-refractivity contribution in [3.8, 4) is 0 Å². The zero-order chi connectivity index (χ0) is 13.5. The normalized spacial score (nSPS) is 12.0. The Bertz CT molecular complexity index is 614. The van der Waals surface area contributed by atoms with Crippen LogP contribution >= 0.6 is 11.6 Å². The van der Waals surface area contributed by atoms with E-state index in [0.717, 1.165) is 16.5 Å². The van der Waals surface area contributed by atoms with E-state index in [1.165, 1.54) is 0 Å². The van der Waals surface area contributed by atoms with Gasteiger partial charge in [0.1, 0.15) is 0 Å². The summed E-state index contributed by atoms with van der Waals surface area (Å²) in [6, 6.07) is 5.69. The number of fused-ring (bicyclic) bond motifs is 1. The molecule has 0 aliphatic rings. The van der Waals surface area contributed by atoms with Crippen LogP contribution < -0.4 is 0 Å². The maximum atomic E-state index is 11.2. The van der Waals surface area contributed by atoms with E-state index in [1.807, 2.05) is 36.0 Å². The molecule has 1 heterocycles. The van der Waals surface area contributed by atoms with Crippen molar-refractivity contribution in [2.75, 3.05) is 0 Å². The van der Waals surface area contributed by atoms with Crippen LogP contribution in [0.15, 0.2) is 24.4 Å². The molecule has 4 heteroatoms. The van der Waals surface area contributed by atoms with Crippen molar-refractivity contribution in [2.45, 2.75) is 20.3 Å². The van der Waals surface area contributed by atoms with E-state index in [2.05, 4.69) is 0 Å². The van der Waals surface area contributed by atoms with E-state index >= 15 is 0 Å². The lowest BCUT2D eigenvalue weighted by Gasteiger charge is -2.18. The lowest BCUT2D eigenvalue weighted by atomic mass is 9.86. The highest BCUT2D eigenvalue weighted by Gasteiger charge is 2.28. The molecule has 18 heavy (non-hydrogen) atoms. The molecule has 0 spiro atoms. The molecule has 2 aromatic rings. The van der Waals surface area contributed by atoms with E-state index in [1.54, 1.807) is 13.8 Å². The topological polar surface area (TPSA) is 42.2 Å². The maximum Gasteiger partial charge on any atom is 0.309 e. The Balaban J connectivity index is 2.52. The van der Waals surface area contributed by atoms with Crippen molar-refractivity contribution in [3.05, 3.63) is 35.0 Å². The molecule has 96 valence electrons. The van der Waals surface area contributed by atoms with Crippen molar-refractivity contribution in [3.63, 3.8) is 0 Å². The van der Waals surface area contributed by atoms with Gasteiger partial charge >= 0.3 is 5.97 Å². The van der Waals surface area contributed by atoms with E-state index in [-0.39, 0.29) is 0 Å². The average Bonchev–Trinajstić information content (AvgIpc) is 2.54. The fraction of sp³-hybridized carbons (Fsp3) is 0.357. The van der Waals surface area contributed by atoms with Gasteiger partial charge in [0.25, 0.3) is 0 Å². The molecule has 0 amide bonds. The molecule has 0 unspecified atom stereocenters. The largest absolute Gasteiger partial charge is 0.481 e. The molecular formula is C14H16ClNO2. The first-order valence-corrected chi connectivity index (χ1v) is 6.16. The lowest BCUT2D eigenvalue weighted by molar-refractivity contribution is -0.146. The number of hydrogen-bond donors (Lipinski definition) is 1. The second kappa shape index (κ2) is 4.32. The molecule has 1 N–H and O–H groups in total. The molecular weight excluding hydrogens is 250 g/mol. The number of aromatic nitrogens is 1. The molecule has 0 saturated heterocycles. The Labute approximate surface area is 111 Å². The summed E-state index contributed by atoms with van der Waals surface area (Å²) < 4.78 is 2.00. The van der Waals surface area contributed by atoms with E-state index < -0.39 is 11.4 Å². The van der Waals surface area contributed by atoms with Crippen LogP contribution in [-0.4, -0.2) is 15.6 Å². The number of carboxylic acid groups (broad SMARTS) is 1. The number of rotatable bonds is 3. The molecule has 0 radical (unpaired) electrons. The fourth-order valence-corrected chi connectivity index (χ4v) is 2.31. The third-order valence-corrected chi connectivity index (χ3v) is 3.48. The Kier molecular flexibility index (Phi) is 3.11. The van der Waals surface area contributed by atoms with Crippen molar-refractivity contribution in [1.82, 2.24) is 4.57 Å². The first-order valence-electron chi connectivity index (χ1n) is 5.78. The molecule has 0 saturated carbocycles. The molecule has 0 atom stereocenters.